The summed E-state index contributed by atoms with van der Waals surface area (Å²) in [4.78, 5) is 16.6. The van der Waals surface area contributed by atoms with E-state index < -0.39 is 5.97 Å². The molecule has 3 aromatic carbocycles. The highest BCUT2D eigenvalue weighted by Gasteiger charge is 2.07. The number of rotatable bonds is 6. The largest absolute Gasteiger partial charge is 0.481 e. The summed E-state index contributed by atoms with van der Waals surface area (Å²) in [7, 11) is 0. The van der Waals surface area contributed by atoms with Crippen LogP contribution in [0.3, 0.4) is 0 Å². The van der Waals surface area contributed by atoms with Crippen molar-refractivity contribution in [3.05, 3.63) is 77.3 Å². The number of nitrogens with two attached hydrogens (primary N) is 1. The lowest BCUT2D eigenvalue weighted by molar-refractivity contribution is -0.146. The summed E-state index contributed by atoms with van der Waals surface area (Å²) in [6.45, 7) is -0.258. The van der Waals surface area contributed by atoms with Crippen LogP contribution in [0.15, 0.2) is 71.9 Å². The van der Waals surface area contributed by atoms with Crippen LogP contribution in [-0.4, -0.2) is 18.4 Å². The lowest BCUT2D eigenvalue weighted by Crippen LogP contribution is -2.19. The summed E-state index contributed by atoms with van der Waals surface area (Å²) < 4.78 is 5.55. The Morgan fingerprint density at radius 2 is 1.73 bits per heavy atom. The van der Waals surface area contributed by atoms with Crippen LogP contribution in [0.1, 0.15) is 5.56 Å². The molecule has 6 heteroatoms. The van der Waals surface area contributed by atoms with Gasteiger partial charge in [-0.15, -0.1) is 0 Å². The van der Waals surface area contributed by atoms with E-state index in [-0.39, 0.29) is 12.4 Å². The summed E-state index contributed by atoms with van der Waals surface area (Å²) >= 11 is 5.83. The first kappa shape index (κ1) is 17.8. The van der Waals surface area contributed by atoms with Crippen LogP contribution in [0.4, 0.5) is 0 Å². The maximum absolute atomic E-state index is 11.8. The fourth-order valence-corrected chi connectivity index (χ4v) is 2.56. The first-order chi connectivity index (χ1) is 12.6. The van der Waals surface area contributed by atoms with Crippen LogP contribution in [0.2, 0.25) is 5.02 Å². The fourth-order valence-electron chi connectivity index (χ4n) is 2.44. The number of oxime groups is 1. The number of carbonyl (C=O) groups is 1. The van der Waals surface area contributed by atoms with Gasteiger partial charge in [-0.2, -0.15) is 0 Å². The predicted molar refractivity (Wildman–Crippen MR) is 102 cm³/mol. The second-order valence-corrected chi connectivity index (χ2v) is 6.05. The third-order valence-electron chi connectivity index (χ3n) is 3.66. The number of ether oxygens (including phenoxy) is 1. The molecule has 3 aromatic rings. The van der Waals surface area contributed by atoms with Crippen molar-refractivity contribution < 1.29 is 14.4 Å². The number of carbonyl (C=O) groups excluding carboxylic acids is 1. The zero-order valence-electron chi connectivity index (χ0n) is 13.9. The maximum Gasteiger partial charge on any atom is 0.372 e. The van der Waals surface area contributed by atoms with Crippen LogP contribution < -0.4 is 10.5 Å². The van der Waals surface area contributed by atoms with E-state index >= 15 is 0 Å². The van der Waals surface area contributed by atoms with E-state index in [1.165, 1.54) is 0 Å². The molecule has 0 aliphatic carbocycles. The van der Waals surface area contributed by atoms with Crippen molar-refractivity contribution in [1.82, 2.24) is 0 Å². The summed E-state index contributed by atoms with van der Waals surface area (Å²) in [6.07, 6.45) is 0.356. The van der Waals surface area contributed by atoms with Gasteiger partial charge in [0.25, 0.3) is 0 Å². The molecule has 0 spiro atoms. The molecule has 0 heterocycles. The number of benzene rings is 3. The van der Waals surface area contributed by atoms with Crippen molar-refractivity contribution in [1.29, 1.82) is 0 Å². The fraction of sp³-hybridized carbons (Fsp3) is 0.100. The Bertz CT molecular complexity index is 934. The third kappa shape index (κ3) is 4.74. The Morgan fingerprint density at radius 1 is 1.00 bits per heavy atom. The van der Waals surface area contributed by atoms with Crippen molar-refractivity contribution in [3.8, 4) is 5.75 Å². The van der Waals surface area contributed by atoms with Crippen LogP contribution >= 0.6 is 11.6 Å². The number of amidine groups is 1. The van der Waals surface area contributed by atoms with Crippen LogP contribution in [-0.2, 0) is 16.1 Å². The normalized spacial score (nSPS) is 11.3. The predicted octanol–water partition coefficient (Wildman–Crippen LogP) is 3.93. The Hall–Kier alpha value is -3.05. The van der Waals surface area contributed by atoms with Gasteiger partial charge in [0.05, 0.1) is 0 Å². The Balaban J connectivity index is 1.54. The van der Waals surface area contributed by atoms with E-state index in [1.54, 1.807) is 18.2 Å². The summed E-state index contributed by atoms with van der Waals surface area (Å²) in [5.74, 6) is 0.168. The zero-order valence-corrected chi connectivity index (χ0v) is 14.6. The van der Waals surface area contributed by atoms with Gasteiger partial charge in [0.2, 0.25) is 0 Å². The van der Waals surface area contributed by atoms with Gasteiger partial charge in [0.15, 0.2) is 6.61 Å². The molecule has 132 valence electrons. The summed E-state index contributed by atoms with van der Waals surface area (Å²) in [5.41, 5.74) is 6.69. The molecular formula is C20H17ClN2O3. The first-order valence-electron chi connectivity index (χ1n) is 7.99. The molecule has 26 heavy (non-hydrogen) atoms. The van der Waals surface area contributed by atoms with Gasteiger partial charge in [0.1, 0.15) is 11.6 Å². The molecule has 5 nitrogen and oxygen atoms in total. The van der Waals surface area contributed by atoms with Gasteiger partial charge in [0, 0.05) is 16.8 Å². The smallest absolute Gasteiger partial charge is 0.372 e. The zero-order chi connectivity index (χ0) is 18.4. The number of halogens is 1. The molecule has 0 saturated heterocycles. The van der Waals surface area contributed by atoms with E-state index in [4.69, 9.17) is 26.9 Å². The first-order valence-corrected chi connectivity index (χ1v) is 8.37. The average Bonchev–Trinajstić information content (AvgIpc) is 2.66. The molecular weight excluding hydrogens is 352 g/mol. The molecule has 3 rings (SSSR count). The van der Waals surface area contributed by atoms with E-state index in [9.17, 15) is 4.79 Å². The van der Waals surface area contributed by atoms with Crippen molar-refractivity contribution >= 4 is 34.2 Å². The monoisotopic (exact) mass is 368 g/mol. The lowest BCUT2D eigenvalue weighted by atomic mass is 10.1. The average molecular weight is 369 g/mol. The number of fused-ring (bicyclic) bond motifs is 1. The topological polar surface area (TPSA) is 73.9 Å². The third-order valence-corrected chi connectivity index (χ3v) is 3.91. The summed E-state index contributed by atoms with van der Waals surface area (Å²) in [5, 5.41) is 6.24. The highest BCUT2D eigenvalue weighted by Crippen LogP contribution is 2.25. The van der Waals surface area contributed by atoms with E-state index in [0.29, 0.717) is 17.2 Å². The standard InChI is InChI=1S/C20H17ClN2O3/c21-16-10-8-14(9-11-16)12-19(22)23-26-20(24)13-25-18-7-3-5-15-4-1-2-6-17(15)18/h1-11H,12-13H2,(H2,22,23). The Labute approximate surface area is 156 Å². The minimum absolute atomic E-state index is 0.186. The number of hydrogen-bond donors (Lipinski definition) is 1. The van der Waals surface area contributed by atoms with Gasteiger partial charge in [-0.1, -0.05) is 65.3 Å². The highest BCUT2D eigenvalue weighted by atomic mass is 35.5. The van der Waals surface area contributed by atoms with E-state index in [2.05, 4.69) is 5.16 Å². The van der Waals surface area contributed by atoms with Crippen LogP contribution in [0.5, 0.6) is 5.75 Å². The molecule has 0 aliphatic rings. The van der Waals surface area contributed by atoms with Gasteiger partial charge in [-0.05, 0) is 29.1 Å². The summed E-state index contributed by atoms with van der Waals surface area (Å²) in [6, 6.07) is 20.6. The quantitative estimate of drug-likeness (QED) is 0.309. The van der Waals surface area contributed by atoms with Crippen LogP contribution in [0, 0.1) is 0 Å². The minimum Gasteiger partial charge on any atom is -0.481 e. The second-order valence-electron chi connectivity index (χ2n) is 5.62. The van der Waals surface area contributed by atoms with Gasteiger partial charge >= 0.3 is 5.97 Å². The molecule has 0 fully saturated rings. The maximum atomic E-state index is 11.8. The van der Waals surface area contributed by atoms with Crippen molar-refractivity contribution in [2.24, 2.45) is 10.9 Å². The highest BCUT2D eigenvalue weighted by molar-refractivity contribution is 6.30. The molecule has 0 radical (unpaired) electrons. The van der Waals surface area contributed by atoms with Gasteiger partial charge < -0.3 is 15.3 Å². The second kappa shape index (κ2) is 8.36. The molecule has 2 N–H and O–H groups in total. The Morgan fingerprint density at radius 3 is 2.54 bits per heavy atom. The molecule has 0 amide bonds. The molecule has 0 atom stereocenters. The molecule has 0 aromatic heterocycles. The number of nitrogens with zero attached hydrogens (tertiary/aromatic N) is 1. The van der Waals surface area contributed by atoms with E-state index in [1.807, 2.05) is 48.5 Å². The van der Waals surface area contributed by atoms with Gasteiger partial charge in [-0.3, -0.25) is 0 Å². The molecule has 0 bridgehead atoms. The lowest BCUT2D eigenvalue weighted by Gasteiger charge is -2.08. The Kier molecular flexibility index (Phi) is 5.71. The van der Waals surface area contributed by atoms with Gasteiger partial charge in [-0.25, -0.2) is 4.79 Å². The van der Waals surface area contributed by atoms with Crippen LogP contribution in [0.25, 0.3) is 10.8 Å². The SMILES string of the molecule is N/C(Cc1ccc(Cl)cc1)=N\OC(=O)COc1cccc2ccccc12. The number of hydrogen-bond acceptors (Lipinski definition) is 4. The molecule has 0 unspecified atom stereocenters. The minimum atomic E-state index is -0.628. The van der Waals surface area contributed by atoms with E-state index in [0.717, 1.165) is 16.3 Å². The van der Waals surface area contributed by atoms with Crippen molar-refractivity contribution in [2.75, 3.05) is 6.61 Å². The molecule has 0 saturated carbocycles. The molecule has 0 aliphatic heterocycles. The van der Waals surface area contributed by atoms with Crippen molar-refractivity contribution in [2.45, 2.75) is 6.42 Å². The van der Waals surface area contributed by atoms with Crippen molar-refractivity contribution in [3.63, 3.8) is 0 Å².